The number of methoxy groups -OCH3 is 1. The second kappa shape index (κ2) is 12.2. The molecule has 1 aliphatic carbocycles. The Hall–Kier alpha value is -3.27. The Bertz CT molecular complexity index is 1460. The van der Waals surface area contributed by atoms with Gasteiger partial charge in [0.1, 0.15) is 23.6 Å². The van der Waals surface area contributed by atoms with E-state index in [0.717, 1.165) is 22.4 Å². The van der Waals surface area contributed by atoms with Crippen LogP contribution in [0.15, 0.2) is 102 Å². The van der Waals surface area contributed by atoms with E-state index in [1.807, 2.05) is 74.5 Å². The van der Waals surface area contributed by atoms with Crippen molar-refractivity contribution in [1.82, 2.24) is 0 Å². The molecule has 0 spiro atoms. The maximum absolute atomic E-state index is 10.2. The molecule has 1 saturated heterocycles. The smallest absolute Gasteiger partial charge is 0.193 e. The summed E-state index contributed by atoms with van der Waals surface area (Å²) in [7, 11) is -0.633. The Kier molecular flexibility index (Phi) is 8.94. The highest BCUT2D eigenvalue weighted by Crippen LogP contribution is 2.55. The second-order valence-corrected chi connectivity index (χ2v) is 18.8. The summed E-state index contributed by atoms with van der Waals surface area (Å²) in [6, 6.07) is 28.2. The van der Waals surface area contributed by atoms with Crippen molar-refractivity contribution in [3.63, 3.8) is 0 Å². The number of oxime groups is 1. The second-order valence-electron chi connectivity index (χ2n) is 14.1. The van der Waals surface area contributed by atoms with Crippen molar-refractivity contribution in [2.45, 2.75) is 82.5 Å². The van der Waals surface area contributed by atoms with Crippen molar-refractivity contribution in [3.8, 4) is 5.75 Å². The zero-order valence-corrected chi connectivity index (χ0v) is 28.7. The standard InChI is InChI=1S/C37H47NO6Si/c1-26-31(44-45(8,9)34(2,3)4)32-33(43-35(5,6)42-32)36(26,24-38-39)25-41-37(27-16-12-10-13-17-27,28-18-14-11-15-19-28)29-20-22-30(40-7)23-21-29/h10-24,31-33,39H,1,25H2,2-9H3. The molecule has 240 valence electrons. The maximum atomic E-state index is 10.2. The van der Waals surface area contributed by atoms with E-state index in [1.165, 1.54) is 6.21 Å². The minimum Gasteiger partial charge on any atom is -0.497 e. The number of hydrogen-bond acceptors (Lipinski definition) is 7. The SMILES string of the molecule is C=C1C(O[Si](C)(C)C(C)(C)C)C2OC(C)(C)OC2C1(C=NO)COC(c1ccccc1)(c1ccccc1)c1ccc(OC)cc1. The zero-order valence-electron chi connectivity index (χ0n) is 27.7. The minimum atomic E-state index is -2.29. The lowest BCUT2D eigenvalue weighted by atomic mass is 9.78. The molecular weight excluding hydrogens is 582 g/mol. The van der Waals surface area contributed by atoms with Crippen LogP contribution in [0.1, 0.15) is 51.3 Å². The van der Waals surface area contributed by atoms with Crippen LogP contribution in [0.3, 0.4) is 0 Å². The molecule has 4 atom stereocenters. The van der Waals surface area contributed by atoms with Gasteiger partial charge in [-0.2, -0.15) is 0 Å². The summed E-state index contributed by atoms with van der Waals surface area (Å²) in [4.78, 5) is 0. The largest absolute Gasteiger partial charge is 0.497 e. The molecule has 7 nitrogen and oxygen atoms in total. The molecule has 8 heteroatoms. The summed E-state index contributed by atoms with van der Waals surface area (Å²) in [5.74, 6) is -0.139. The first-order valence-corrected chi connectivity index (χ1v) is 18.4. The molecule has 45 heavy (non-hydrogen) atoms. The number of benzene rings is 3. The van der Waals surface area contributed by atoms with Gasteiger partial charge < -0.3 is 28.6 Å². The van der Waals surface area contributed by atoms with Crippen molar-refractivity contribution in [2.75, 3.05) is 13.7 Å². The molecule has 3 aromatic carbocycles. The van der Waals surface area contributed by atoms with Crippen LogP contribution < -0.4 is 4.74 Å². The van der Waals surface area contributed by atoms with Crippen LogP contribution in [-0.4, -0.2) is 57.6 Å². The molecule has 2 fully saturated rings. The van der Waals surface area contributed by atoms with E-state index >= 15 is 0 Å². The Balaban J connectivity index is 1.67. The fourth-order valence-electron chi connectivity index (χ4n) is 6.31. The molecule has 5 rings (SSSR count). The monoisotopic (exact) mass is 629 g/mol. The van der Waals surface area contributed by atoms with Gasteiger partial charge in [-0.25, -0.2) is 0 Å². The third kappa shape index (κ3) is 5.90. The van der Waals surface area contributed by atoms with E-state index < -0.39 is 43.4 Å². The highest BCUT2D eigenvalue weighted by molar-refractivity contribution is 6.74. The fourth-order valence-corrected chi connectivity index (χ4v) is 7.57. The van der Waals surface area contributed by atoms with Crippen LogP contribution >= 0.6 is 0 Å². The van der Waals surface area contributed by atoms with Crippen molar-refractivity contribution >= 4 is 14.5 Å². The normalized spacial score (nSPS) is 25.1. The van der Waals surface area contributed by atoms with Gasteiger partial charge in [0.05, 0.1) is 31.5 Å². The van der Waals surface area contributed by atoms with Crippen molar-refractivity contribution < 1.29 is 28.6 Å². The molecule has 0 bridgehead atoms. The Morgan fingerprint density at radius 2 is 1.42 bits per heavy atom. The van der Waals surface area contributed by atoms with Gasteiger partial charge in [0.15, 0.2) is 14.1 Å². The van der Waals surface area contributed by atoms with E-state index in [9.17, 15) is 5.21 Å². The van der Waals surface area contributed by atoms with Gasteiger partial charge in [0.25, 0.3) is 0 Å². The summed E-state index contributed by atoms with van der Waals surface area (Å²) in [5, 5.41) is 13.7. The lowest BCUT2D eigenvalue weighted by molar-refractivity contribution is -0.166. The van der Waals surface area contributed by atoms with Gasteiger partial charge in [-0.05, 0) is 66.4 Å². The van der Waals surface area contributed by atoms with E-state index in [4.69, 9.17) is 23.4 Å². The first kappa shape index (κ1) is 33.1. The van der Waals surface area contributed by atoms with Crippen LogP contribution in [0.5, 0.6) is 5.75 Å². The third-order valence-corrected chi connectivity index (χ3v) is 14.2. The summed E-state index contributed by atoms with van der Waals surface area (Å²) >= 11 is 0. The Morgan fingerprint density at radius 3 is 1.91 bits per heavy atom. The Labute approximate surface area is 268 Å². The van der Waals surface area contributed by atoms with Gasteiger partial charge in [-0.15, -0.1) is 5.16 Å². The van der Waals surface area contributed by atoms with E-state index in [1.54, 1.807) is 7.11 Å². The van der Waals surface area contributed by atoms with E-state index in [0.29, 0.717) is 5.57 Å². The van der Waals surface area contributed by atoms with E-state index in [-0.39, 0.29) is 11.6 Å². The molecule has 1 saturated carbocycles. The van der Waals surface area contributed by atoms with Crippen molar-refractivity contribution in [2.24, 2.45) is 10.6 Å². The molecule has 0 radical (unpaired) electrons. The first-order valence-electron chi connectivity index (χ1n) is 15.5. The van der Waals surface area contributed by atoms with Crippen molar-refractivity contribution in [3.05, 3.63) is 114 Å². The average molecular weight is 630 g/mol. The third-order valence-electron chi connectivity index (χ3n) is 9.78. The van der Waals surface area contributed by atoms with Crippen LogP contribution in [-0.2, 0) is 24.2 Å². The molecular formula is C37H47NO6Si. The van der Waals surface area contributed by atoms with Gasteiger partial charge >= 0.3 is 0 Å². The highest BCUT2D eigenvalue weighted by Gasteiger charge is 2.65. The predicted octanol–water partition coefficient (Wildman–Crippen LogP) is 7.93. The summed E-state index contributed by atoms with van der Waals surface area (Å²) in [6.07, 6.45) is -0.0115. The molecule has 0 aromatic heterocycles. The van der Waals surface area contributed by atoms with Crippen LogP contribution in [0, 0.1) is 5.41 Å². The molecule has 1 N–H and O–H groups in total. The van der Waals surface area contributed by atoms with Gasteiger partial charge in [-0.1, -0.05) is 100 Å². The summed E-state index contributed by atoms with van der Waals surface area (Å²) < 4.78 is 33.0. The number of rotatable bonds is 10. The lowest BCUT2D eigenvalue weighted by Crippen LogP contribution is -2.47. The molecule has 2 aliphatic rings. The highest BCUT2D eigenvalue weighted by atomic mass is 28.4. The molecule has 3 aromatic rings. The van der Waals surface area contributed by atoms with Crippen LogP contribution in [0.25, 0.3) is 0 Å². The lowest BCUT2D eigenvalue weighted by Gasteiger charge is -2.42. The fraction of sp³-hybridized carbons (Fsp3) is 0.432. The zero-order chi connectivity index (χ0) is 32.7. The molecule has 0 amide bonds. The van der Waals surface area contributed by atoms with Gasteiger partial charge in [-0.3, -0.25) is 0 Å². The van der Waals surface area contributed by atoms with Crippen LogP contribution in [0.2, 0.25) is 18.1 Å². The van der Waals surface area contributed by atoms with E-state index in [2.05, 4.69) is 69.9 Å². The average Bonchev–Trinajstić information content (AvgIpc) is 3.43. The van der Waals surface area contributed by atoms with Crippen molar-refractivity contribution in [1.29, 1.82) is 0 Å². The Morgan fingerprint density at radius 1 is 0.889 bits per heavy atom. The van der Waals surface area contributed by atoms with Gasteiger partial charge in [0.2, 0.25) is 0 Å². The number of nitrogens with zero attached hydrogens (tertiary/aromatic N) is 1. The van der Waals surface area contributed by atoms with Crippen LogP contribution in [0.4, 0.5) is 0 Å². The molecule has 1 aliphatic heterocycles. The van der Waals surface area contributed by atoms with Gasteiger partial charge in [0, 0.05) is 0 Å². The molecule has 1 heterocycles. The minimum absolute atomic E-state index is 0.0469. The summed E-state index contributed by atoms with van der Waals surface area (Å²) in [6.45, 7) is 19.5. The quantitative estimate of drug-likeness (QED) is 0.0613. The first-order chi connectivity index (χ1) is 21.2. The number of fused-ring (bicyclic) bond motifs is 1. The summed E-state index contributed by atoms with van der Waals surface area (Å²) in [5.41, 5.74) is 1.39. The molecule has 4 unspecified atom stereocenters. The topological polar surface area (TPSA) is 78.7 Å². The number of hydrogen-bond donors (Lipinski definition) is 1. The number of ether oxygens (including phenoxy) is 4. The predicted molar refractivity (Wildman–Crippen MR) is 179 cm³/mol. The maximum Gasteiger partial charge on any atom is 0.193 e.